The molecule has 0 atom stereocenters. The fourth-order valence-corrected chi connectivity index (χ4v) is 9.86. The molecule has 292 valence electrons. The van der Waals surface area contributed by atoms with Crippen molar-refractivity contribution >= 4 is 98.0 Å². The predicted octanol–water partition coefficient (Wildman–Crippen LogP) is 15.2. The zero-order valence-electron chi connectivity index (χ0n) is 33.6. The minimum Gasteiger partial charge on any atom is -0.456 e. The van der Waals surface area contributed by atoms with Crippen molar-refractivity contribution in [3.8, 4) is 39.9 Å². The van der Waals surface area contributed by atoms with Gasteiger partial charge in [0.2, 0.25) is 0 Å². The number of hydrogen-bond acceptors (Lipinski definition) is 5. The number of fused-ring (bicyclic) bond motifs is 13. The Hall–Kier alpha value is -8.61. The van der Waals surface area contributed by atoms with E-state index in [0.717, 1.165) is 88.1 Å². The van der Waals surface area contributed by atoms with Crippen molar-refractivity contribution in [1.29, 1.82) is 0 Å². The van der Waals surface area contributed by atoms with Gasteiger partial charge in [-0.2, -0.15) is 0 Å². The van der Waals surface area contributed by atoms with E-state index in [-0.39, 0.29) is 0 Å². The van der Waals surface area contributed by atoms with E-state index in [0.29, 0.717) is 17.5 Å². The molecule has 14 rings (SSSR count). The monoisotopic (exact) mass is 804 g/mol. The van der Waals surface area contributed by atoms with Crippen LogP contribution in [0.5, 0.6) is 0 Å². The predicted molar refractivity (Wildman–Crippen MR) is 258 cm³/mol. The van der Waals surface area contributed by atoms with Crippen LogP contribution >= 0.6 is 0 Å². The standard InChI is InChI=1S/C57H32N4O2/c1-2-13-33(14-3-1)55-58-56(60-57(59-55)43-23-12-22-42-40-20-10-11-24-50(40)63-54(42)43)38-25-26-51-46(29-38)53-41-21-9-8-19-39(41)49(32-52(53)62-51)61-47-30-36-17-6-4-15-34(36)27-44(47)45-28-35-16-5-7-18-37(35)31-48(45)61/h1-32H. The molecule has 4 aromatic heterocycles. The lowest BCUT2D eigenvalue weighted by atomic mass is 10.0. The quantitative estimate of drug-likeness (QED) is 0.177. The van der Waals surface area contributed by atoms with Crippen LogP contribution in [0.1, 0.15) is 0 Å². The summed E-state index contributed by atoms with van der Waals surface area (Å²) in [5.41, 5.74) is 9.12. The number of rotatable bonds is 4. The van der Waals surface area contributed by atoms with Gasteiger partial charge in [0, 0.05) is 54.9 Å². The molecule has 0 bridgehead atoms. The average molecular weight is 805 g/mol. The third-order valence-electron chi connectivity index (χ3n) is 12.8. The fraction of sp³-hybridized carbons (Fsp3) is 0. The van der Waals surface area contributed by atoms with Crippen molar-refractivity contribution in [2.24, 2.45) is 0 Å². The Morgan fingerprint density at radius 1 is 0.333 bits per heavy atom. The molecule has 0 aliphatic rings. The van der Waals surface area contributed by atoms with Gasteiger partial charge in [0.25, 0.3) is 0 Å². The topological polar surface area (TPSA) is 69.9 Å². The third-order valence-corrected chi connectivity index (χ3v) is 12.8. The Kier molecular flexibility index (Phi) is 7.02. The molecule has 0 unspecified atom stereocenters. The molecule has 0 amide bonds. The first-order chi connectivity index (χ1) is 31.2. The molecular weight excluding hydrogens is 773 g/mol. The van der Waals surface area contributed by atoms with Crippen molar-refractivity contribution in [1.82, 2.24) is 19.5 Å². The third kappa shape index (κ3) is 5.09. The van der Waals surface area contributed by atoms with Gasteiger partial charge in [-0.25, -0.2) is 15.0 Å². The van der Waals surface area contributed by atoms with E-state index >= 15 is 0 Å². The van der Waals surface area contributed by atoms with Crippen LogP contribution in [0.25, 0.3) is 138 Å². The summed E-state index contributed by atoms with van der Waals surface area (Å²) in [6.07, 6.45) is 0. The van der Waals surface area contributed by atoms with Gasteiger partial charge in [-0.3, -0.25) is 0 Å². The summed E-state index contributed by atoms with van der Waals surface area (Å²) >= 11 is 0. The van der Waals surface area contributed by atoms with Crippen LogP contribution in [0.4, 0.5) is 0 Å². The van der Waals surface area contributed by atoms with Gasteiger partial charge in [0.05, 0.1) is 22.3 Å². The van der Waals surface area contributed by atoms with Gasteiger partial charge in [0.15, 0.2) is 17.5 Å². The summed E-state index contributed by atoms with van der Waals surface area (Å²) in [5, 5.41) is 13.6. The van der Waals surface area contributed by atoms with Crippen molar-refractivity contribution in [3.63, 3.8) is 0 Å². The Labute approximate surface area is 358 Å². The van der Waals surface area contributed by atoms with E-state index in [4.69, 9.17) is 23.8 Å². The summed E-state index contributed by atoms with van der Waals surface area (Å²) in [6, 6.07) is 68.1. The molecule has 0 aliphatic carbocycles. The van der Waals surface area contributed by atoms with E-state index in [2.05, 4.69) is 126 Å². The van der Waals surface area contributed by atoms with Crippen LogP contribution in [-0.2, 0) is 0 Å². The molecule has 0 radical (unpaired) electrons. The lowest BCUT2D eigenvalue weighted by Crippen LogP contribution is -2.00. The van der Waals surface area contributed by atoms with Gasteiger partial charge in [-0.1, -0.05) is 133 Å². The van der Waals surface area contributed by atoms with Crippen LogP contribution in [0.2, 0.25) is 0 Å². The first-order valence-electron chi connectivity index (χ1n) is 21.2. The highest BCUT2D eigenvalue weighted by Gasteiger charge is 2.22. The normalized spacial score (nSPS) is 12.1. The van der Waals surface area contributed by atoms with E-state index in [1.165, 1.54) is 32.3 Å². The first kappa shape index (κ1) is 34.1. The highest BCUT2D eigenvalue weighted by Crippen LogP contribution is 2.44. The summed E-state index contributed by atoms with van der Waals surface area (Å²) in [6.45, 7) is 0. The second-order valence-corrected chi connectivity index (χ2v) is 16.3. The summed E-state index contributed by atoms with van der Waals surface area (Å²) in [4.78, 5) is 15.4. The Morgan fingerprint density at radius 2 is 0.905 bits per heavy atom. The zero-order valence-corrected chi connectivity index (χ0v) is 33.6. The summed E-state index contributed by atoms with van der Waals surface area (Å²) in [7, 11) is 0. The molecule has 0 saturated carbocycles. The summed E-state index contributed by atoms with van der Waals surface area (Å²) in [5.74, 6) is 1.69. The van der Waals surface area contributed by atoms with Crippen molar-refractivity contribution in [2.75, 3.05) is 0 Å². The number of aromatic nitrogens is 4. The molecule has 0 spiro atoms. The first-order valence-corrected chi connectivity index (χ1v) is 21.2. The minimum atomic E-state index is 0.544. The molecule has 14 aromatic rings. The molecule has 0 N–H and O–H groups in total. The Balaban J connectivity index is 1.01. The largest absolute Gasteiger partial charge is 0.456 e. The molecule has 4 heterocycles. The van der Waals surface area contributed by atoms with E-state index in [9.17, 15) is 0 Å². The van der Waals surface area contributed by atoms with Gasteiger partial charge in [-0.15, -0.1) is 0 Å². The van der Waals surface area contributed by atoms with Crippen molar-refractivity contribution < 1.29 is 8.83 Å². The molecular formula is C57H32N4O2. The van der Waals surface area contributed by atoms with Gasteiger partial charge >= 0.3 is 0 Å². The van der Waals surface area contributed by atoms with E-state index < -0.39 is 0 Å². The summed E-state index contributed by atoms with van der Waals surface area (Å²) < 4.78 is 15.7. The average Bonchev–Trinajstić information content (AvgIpc) is 4.01. The minimum absolute atomic E-state index is 0.544. The number of para-hydroxylation sites is 2. The second kappa shape index (κ2) is 12.9. The van der Waals surface area contributed by atoms with Crippen molar-refractivity contribution in [2.45, 2.75) is 0 Å². The highest BCUT2D eigenvalue weighted by molar-refractivity contribution is 6.23. The zero-order chi connectivity index (χ0) is 41.2. The number of nitrogens with zero attached hydrogens (tertiary/aromatic N) is 4. The maximum absolute atomic E-state index is 6.84. The van der Waals surface area contributed by atoms with Gasteiger partial charge in [-0.05, 0) is 81.5 Å². The smallest absolute Gasteiger partial charge is 0.167 e. The Bertz CT molecular complexity index is 4120. The van der Waals surface area contributed by atoms with Crippen LogP contribution < -0.4 is 0 Å². The van der Waals surface area contributed by atoms with Crippen LogP contribution in [-0.4, -0.2) is 19.5 Å². The lowest BCUT2D eigenvalue weighted by molar-refractivity contribution is 0.669. The van der Waals surface area contributed by atoms with Crippen LogP contribution in [0.15, 0.2) is 203 Å². The molecule has 10 aromatic carbocycles. The number of benzene rings is 10. The SMILES string of the molecule is c1ccc(-c2nc(-c3ccc4oc5cc(-n6c7cc8ccccc8cc7c7cc8ccccc8cc76)c6ccccc6c5c4c3)nc(-c3cccc4c3oc3ccccc34)n2)cc1. The maximum Gasteiger partial charge on any atom is 0.167 e. The number of hydrogen-bond donors (Lipinski definition) is 0. The van der Waals surface area contributed by atoms with Crippen LogP contribution in [0.3, 0.4) is 0 Å². The van der Waals surface area contributed by atoms with Crippen molar-refractivity contribution in [3.05, 3.63) is 194 Å². The van der Waals surface area contributed by atoms with Crippen LogP contribution in [0, 0.1) is 0 Å². The van der Waals surface area contributed by atoms with E-state index in [1.807, 2.05) is 72.8 Å². The number of furan rings is 2. The highest BCUT2D eigenvalue weighted by atomic mass is 16.3. The molecule has 63 heavy (non-hydrogen) atoms. The molecule has 0 fully saturated rings. The maximum atomic E-state index is 6.84. The van der Waals surface area contributed by atoms with Gasteiger partial charge in [0.1, 0.15) is 22.3 Å². The van der Waals surface area contributed by atoms with E-state index in [1.54, 1.807) is 0 Å². The molecule has 6 heteroatoms. The lowest BCUT2D eigenvalue weighted by Gasteiger charge is -2.13. The Morgan fingerprint density at radius 3 is 1.63 bits per heavy atom. The fourth-order valence-electron chi connectivity index (χ4n) is 9.86. The van der Waals surface area contributed by atoms with Gasteiger partial charge < -0.3 is 13.4 Å². The molecule has 6 nitrogen and oxygen atoms in total. The molecule has 0 saturated heterocycles. The second-order valence-electron chi connectivity index (χ2n) is 16.3. The molecule has 0 aliphatic heterocycles.